The van der Waals surface area contributed by atoms with Crippen molar-refractivity contribution in [2.45, 2.75) is 45.3 Å². The van der Waals surface area contributed by atoms with Crippen molar-refractivity contribution in [1.29, 1.82) is 0 Å². The van der Waals surface area contributed by atoms with E-state index >= 15 is 0 Å². The lowest BCUT2D eigenvalue weighted by Gasteiger charge is -2.34. The van der Waals surface area contributed by atoms with Crippen LogP contribution in [0.2, 0.25) is 25.1 Å². The van der Waals surface area contributed by atoms with E-state index in [-0.39, 0.29) is 44.8 Å². The van der Waals surface area contributed by atoms with Gasteiger partial charge in [-0.15, -0.1) is 0 Å². The van der Waals surface area contributed by atoms with Gasteiger partial charge in [-0.1, -0.05) is 101 Å². The molecule has 0 aromatic heterocycles. The predicted molar refractivity (Wildman–Crippen MR) is 173 cm³/mol. The highest BCUT2D eigenvalue weighted by Gasteiger charge is 2.34. The molecule has 0 bridgehead atoms. The summed E-state index contributed by atoms with van der Waals surface area (Å²) in [6.07, 6.45) is 1.77. The SMILES string of the molecule is CC[C@H](C)NC(=O)[C@H](Cc1ccccc1)N(Cc1ccc(Cl)cc1Cl)C(=O)CN(c1cc(Cl)c(Cl)cc1Cl)S(C)(=O)=O. The van der Waals surface area contributed by atoms with E-state index in [4.69, 9.17) is 58.0 Å². The molecule has 0 saturated heterocycles. The fourth-order valence-corrected chi connectivity index (χ4v) is 6.14. The Morgan fingerprint density at radius 1 is 0.881 bits per heavy atom. The zero-order valence-electron chi connectivity index (χ0n) is 23.1. The van der Waals surface area contributed by atoms with Gasteiger partial charge in [-0.25, -0.2) is 8.42 Å². The summed E-state index contributed by atoms with van der Waals surface area (Å²) in [4.78, 5) is 29.2. The second-order valence-electron chi connectivity index (χ2n) is 9.77. The first-order valence-electron chi connectivity index (χ1n) is 12.9. The summed E-state index contributed by atoms with van der Waals surface area (Å²) < 4.78 is 26.8. The number of halogens is 5. The summed E-state index contributed by atoms with van der Waals surface area (Å²) in [6, 6.07) is 15.4. The summed E-state index contributed by atoms with van der Waals surface area (Å²) in [7, 11) is -4.06. The molecule has 0 spiro atoms. The van der Waals surface area contributed by atoms with Gasteiger partial charge < -0.3 is 10.2 Å². The van der Waals surface area contributed by atoms with Crippen LogP contribution in [0.3, 0.4) is 0 Å². The average Bonchev–Trinajstić information content (AvgIpc) is 2.92. The number of carbonyl (C=O) groups excluding carboxylic acids is 2. The Labute approximate surface area is 271 Å². The van der Waals surface area contributed by atoms with Crippen molar-refractivity contribution in [1.82, 2.24) is 10.2 Å². The van der Waals surface area contributed by atoms with Gasteiger partial charge in [0.2, 0.25) is 21.8 Å². The van der Waals surface area contributed by atoms with Gasteiger partial charge >= 0.3 is 0 Å². The molecule has 0 aliphatic heterocycles. The number of hydrogen-bond acceptors (Lipinski definition) is 4. The van der Waals surface area contributed by atoms with E-state index in [9.17, 15) is 18.0 Å². The lowest BCUT2D eigenvalue weighted by Crippen LogP contribution is -2.54. The van der Waals surface area contributed by atoms with Crippen molar-refractivity contribution >= 4 is 85.5 Å². The number of benzene rings is 3. The maximum absolute atomic E-state index is 14.2. The molecule has 0 aliphatic carbocycles. The number of carbonyl (C=O) groups is 2. The number of hydrogen-bond donors (Lipinski definition) is 1. The molecule has 0 fully saturated rings. The molecule has 0 radical (unpaired) electrons. The monoisotopic (exact) mass is 691 g/mol. The molecular weight excluding hydrogens is 664 g/mol. The summed E-state index contributed by atoms with van der Waals surface area (Å²) in [6.45, 7) is 3.01. The lowest BCUT2D eigenvalue weighted by molar-refractivity contribution is -0.140. The molecule has 0 unspecified atom stereocenters. The van der Waals surface area contributed by atoms with Gasteiger partial charge in [-0.3, -0.25) is 13.9 Å². The summed E-state index contributed by atoms with van der Waals surface area (Å²) in [5.74, 6) is -1.07. The van der Waals surface area contributed by atoms with Crippen molar-refractivity contribution in [2.75, 3.05) is 17.1 Å². The molecule has 0 heterocycles. The Bertz CT molecular complexity index is 1540. The van der Waals surface area contributed by atoms with Gasteiger partial charge in [-0.05, 0) is 48.7 Å². The Morgan fingerprint density at radius 3 is 2.12 bits per heavy atom. The Balaban J connectivity index is 2.13. The summed E-state index contributed by atoms with van der Waals surface area (Å²) in [5, 5.41) is 3.79. The maximum atomic E-state index is 14.2. The van der Waals surface area contributed by atoms with E-state index in [1.807, 2.05) is 44.2 Å². The maximum Gasteiger partial charge on any atom is 0.244 e. The molecular formula is C29H30Cl5N3O4S. The van der Waals surface area contributed by atoms with Crippen LogP contribution in [0.4, 0.5) is 5.69 Å². The second-order valence-corrected chi connectivity index (χ2v) is 13.7. The van der Waals surface area contributed by atoms with Crippen LogP contribution >= 0.6 is 58.0 Å². The van der Waals surface area contributed by atoms with Crippen molar-refractivity contribution < 1.29 is 18.0 Å². The summed E-state index contributed by atoms with van der Waals surface area (Å²) in [5.41, 5.74) is 1.28. The predicted octanol–water partition coefficient (Wildman–Crippen LogP) is 7.27. The van der Waals surface area contributed by atoms with Crippen LogP contribution < -0.4 is 9.62 Å². The first-order valence-corrected chi connectivity index (χ1v) is 16.6. The molecule has 13 heteroatoms. The van der Waals surface area contributed by atoms with E-state index in [2.05, 4.69) is 5.32 Å². The molecule has 2 amide bonds. The summed E-state index contributed by atoms with van der Waals surface area (Å²) >= 11 is 31.2. The molecule has 2 atom stereocenters. The quantitative estimate of drug-likeness (QED) is 0.202. The fourth-order valence-electron chi connectivity index (χ4n) is 4.13. The molecule has 3 rings (SSSR count). The third-order valence-electron chi connectivity index (χ3n) is 6.57. The van der Waals surface area contributed by atoms with Gasteiger partial charge in [0.1, 0.15) is 12.6 Å². The van der Waals surface area contributed by atoms with Crippen LogP contribution in [0.15, 0.2) is 60.7 Å². The molecule has 42 heavy (non-hydrogen) atoms. The highest BCUT2D eigenvalue weighted by molar-refractivity contribution is 7.92. The zero-order valence-corrected chi connectivity index (χ0v) is 27.7. The van der Waals surface area contributed by atoms with E-state index in [1.165, 1.54) is 23.1 Å². The topological polar surface area (TPSA) is 86.8 Å². The first-order chi connectivity index (χ1) is 19.7. The number of sulfonamides is 1. The molecule has 7 nitrogen and oxygen atoms in total. The lowest BCUT2D eigenvalue weighted by atomic mass is 10.0. The molecule has 3 aromatic rings. The van der Waals surface area contributed by atoms with E-state index in [1.54, 1.807) is 12.1 Å². The van der Waals surface area contributed by atoms with Gasteiger partial charge in [0.15, 0.2) is 0 Å². The second kappa shape index (κ2) is 15.0. The minimum Gasteiger partial charge on any atom is -0.352 e. The van der Waals surface area contributed by atoms with Crippen LogP contribution in [0.5, 0.6) is 0 Å². The third kappa shape index (κ3) is 9.15. The van der Waals surface area contributed by atoms with Gasteiger partial charge in [0, 0.05) is 29.1 Å². The molecule has 0 saturated carbocycles. The highest BCUT2D eigenvalue weighted by Crippen LogP contribution is 2.36. The number of amides is 2. The van der Waals surface area contributed by atoms with Crippen molar-refractivity contribution in [3.05, 3.63) is 96.9 Å². The van der Waals surface area contributed by atoms with Crippen molar-refractivity contribution in [3.63, 3.8) is 0 Å². The van der Waals surface area contributed by atoms with E-state index < -0.39 is 34.4 Å². The normalized spacial score (nSPS) is 12.9. The standard InChI is InChI=1S/C29H30Cl5N3O4S/c1-4-18(2)35-29(39)27(12-19-8-6-5-7-9-19)36(16-20-10-11-21(30)13-22(20)31)28(38)17-37(42(3,40)41)26-15-24(33)23(32)14-25(26)34/h5-11,13-15,18,27H,4,12,16-17H2,1-3H3,(H,35,39)/t18-,27-/m0/s1. The molecule has 1 N–H and O–H groups in total. The number of nitrogens with zero attached hydrogens (tertiary/aromatic N) is 2. The van der Waals surface area contributed by atoms with Gasteiger partial charge in [0.05, 0.1) is 27.0 Å². The Hall–Kier alpha value is -2.20. The fraction of sp³-hybridized carbons (Fsp3) is 0.310. The van der Waals surface area contributed by atoms with E-state index in [0.717, 1.165) is 16.1 Å². The third-order valence-corrected chi connectivity index (χ3v) is 9.30. The van der Waals surface area contributed by atoms with Crippen LogP contribution in [0, 0.1) is 0 Å². The minimum absolute atomic E-state index is 0.0229. The molecule has 0 aliphatic rings. The van der Waals surface area contributed by atoms with Crippen LogP contribution in [0.25, 0.3) is 0 Å². The van der Waals surface area contributed by atoms with Crippen molar-refractivity contribution in [3.8, 4) is 0 Å². The van der Waals surface area contributed by atoms with Crippen LogP contribution in [0.1, 0.15) is 31.4 Å². The van der Waals surface area contributed by atoms with Crippen LogP contribution in [-0.2, 0) is 32.6 Å². The number of rotatable bonds is 12. The number of anilines is 1. The van der Waals surface area contributed by atoms with Gasteiger partial charge in [0.25, 0.3) is 0 Å². The molecule has 3 aromatic carbocycles. The largest absolute Gasteiger partial charge is 0.352 e. The zero-order chi connectivity index (χ0) is 31.2. The smallest absolute Gasteiger partial charge is 0.244 e. The molecule has 226 valence electrons. The Morgan fingerprint density at radius 2 is 1.52 bits per heavy atom. The highest BCUT2D eigenvalue weighted by atomic mass is 35.5. The first kappa shape index (κ1) is 34.3. The van der Waals surface area contributed by atoms with Gasteiger partial charge in [-0.2, -0.15) is 0 Å². The number of nitrogens with one attached hydrogen (secondary N) is 1. The average molecular weight is 694 g/mol. The van der Waals surface area contributed by atoms with Crippen LogP contribution in [-0.4, -0.2) is 50.0 Å². The Kier molecular flexibility index (Phi) is 12.2. The minimum atomic E-state index is -4.06. The van der Waals surface area contributed by atoms with Crippen molar-refractivity contribution in [2.24, 2.45) is 0 Å². The van der Waals surface area contributed by atoms with E-state index in [0.29, 0.717) is 17.0 Å².